The molecule has 0 aliphatic heterocycles. The van der Waals surface area contributed by atoms with Gasteiger partial charge in [0.05, 0.1) is 0 Å². The summed E-state index contributed by atoms with van der Waals surface area (Å²) in [5.41, 5.74) is 13.0. The fraction of sp³-hybridized carbons (Fsp3) is 0.375. The number of rotatable bonds is 5. The van der Waals surface area contributed by atoms with Gasteiger partial charge in [-0.05, 0) is 47.7 Å². The van der Waals surface area contributed by atoms with E-state index in [1.165, 1.54) is 16.3 Å². The number of hydrogen-bond acceptors (Lipinski definition) is 2. The lowest BCUT2D eigenvalue weighted by molar-refractivity contribution is 0.480. The van der Waals surface area contributed by atoms with Gasteiger partial charge in [-0.15, -0.1) is 0 Å². The summed E-state index contributed by atoms with van der Waals surface area (Å²) in [6.45, 7) is 3.59. The van der Waals surface area contributed by atoms with Crippen LogP contribution in [-0.2, 0) is 0 Å². The van der Waals surface area contributed by atoms with E-state index in [-0.39, 0.29) is 0 Å². The third-order valence-corrected chi connectivity index (χ3v) is 3.64. The van der Waals surface area contributed by atoms with Crippen LogP contribution in [0.2, 0.25) is 0 Å². The van der Waals surface area contributed by atoms with Crippen molar-refractivity contribution in [2.75, 3.05) is 13.1 Å². The van der Waals surface area contributed by atoms with E-state index in [0.29, 0.717) is 18.4 Å². The smallest absolute Gasteiger partial charge is 0.000790 e. The molecule has 0 aliphatic rings. The Hall–Kier alpha value is -1.38. The van der Waals surface area contributed by atoms with E-state index in [0.717, 1.165) is 13.0 Å². The molecule has 2 nitrogen and oxygen atoms in total. The molecule has 4 N–H and O–H groups in total. The normalized spacial score (nSPS) is 14.6. The summed E-state index contributed by atoms with van der Waals surface area (Å²) in [5, 5.41) is 2.61. The molecule has 0 amide bonds. The standard InChI is InChI=1S/C16H22N2/c1-12(10-17)9-14(11-18)16-8-4-6-13-5-2-3-7-15(13)16/h2-8,12,14H,9-11,17-18H2,1H3. The second kappa shape index (κ2) is 5.98. The van der Waals surface area contributed by atoms with Crippen molar-refractivity contribution in [1.29, 1.82) is 0 Å². The Bertz CT molecular complexity index is 502. The first-order chi connectivity index (χ1) is 8.76. The highest BCUT2D eigenvalue weighted by molar-refractivity contribution is 5.86. The van der Waals surface area contributed by atoms with Crippen molar-refractivity contribution in [3.63, 3.8) is 0 Å². The third kappa shape index (κ3) is 2.71. The summed E-state index contributed by atoms with van der Waals surface area (Å²) in [4.78, 5) is 0. The summed E-state index contributed by atoms with van der Waals surface area (Å²) in [7, 11) is 0. The van der Waals surface area contributed by atoms with Crippen LogP contribution in [-0.4, -0.2) is 13.1 Å². The first kappa shape index (κ1) is 13.1. The van der Waals surface area contributed by atoms with Crippen LogP contribution in [0.25, 0.3) is 10.8 Å². The number of nitrogens with two attached hydrogens (primary N) is 2. The zero-order chi connectivity index (χ0) is 13.0. The Balaban J connectivity index is 2.38. The lowest BCUT2D eigenvalue weighted by Crippen LogP contribution is -2.19. The monoisotopic (exact) mass is 242 g/mol. The molecular formula is C16H22N2. The van der Waals surface area contributed by atoms with Crippen LogP contribution in [0.15, 0.2) is 42.5 Å². The third-order valence-electron chi connectivity index (χ3n) is 3.64. The van der Waals surface area contributed by atoms with Crippen molar-refractivity contribution in [2.24, 2.45) is 17.4 Å². The highest BCUT2D eigenvalue weighted by Gasteiger charge is 2.15. The van der Waals surface area contributed by atoms with Crippen molar-refractivity contribution in [3.05, 3.63) is 48.0 Å². The maximum atomic E-state index is 5.96. The Morgan fingerprint density at radius 2 is 1.67 bits per heavy atom. The molecule has 0 saturated heterocycles. The van der Waals surface area contributed by atoms with E-state index >= 15 is 0 Å². The molecule has 18 heavy (non-hydrogen) atoms. The van der Waals surface area contributed by atoms with E-state index in [9.17, 15) is 0 Å². The van der Waals surface area contributed by atoms with Gasteiger partial charge in [-0.2, -0.15) is 0 Å². The van der Waals surface area contributed by atoms with Crippen molar-refractivity contribution < 1.29 is 0 Å². The maximum absolute atomic E-state index is 5.96. The van der Waals surface area contributed by atoms with Crippen LogP contribution in [0.5, 0.6) is 0 Å². The zero-order valence-electron chi connectivity index (χ0n) is 11.0. The van der Waals surface area contributed by atoms with Gasteiger partial charge in [-0.25, -0.2) is 0 Å². The summed E-state index contributed by atoms with van der Waals surface area (Å²) in [5.74, 6) is 0.909. The van der Waals surface area contributed by atoms with Gasteiger partial charge in [0, 0.05) is 0 Å². The van der Waals surface area contributed by atoms with Crippen molar-refractivity contribution >= 4 is 10.8 Å². The topological polar surface area (TPSA) is 52.0 Å². The lowest BCUT2D eigenvalue weighted by Gasteiger charge is -2.20. The molecule has 0 fully saturated rings. The Morgan fingerprint density at radius 3 is 2.39 bits per heavy atom. The van der Waals surface area contributed by atoms with Crippen molar-refractivity contribution in [3.8, 4) is 0 Å². The molecule has 2 heteroatoms. The molecular weight excluding hydrogens is 220 g/mol. The molecule has 0 aromatic heterocycles. The van der Waals surface area contributed by atoms with E-state index in [1.54, 1.807) is 0 Å². The van der Waals surface area contributed by atoms with Crippen molar-refractivity contribution in [1.82, 2.24) is 0 Å². The number of fused-ring (bicyclic) bond motifs is 1. The molecule has 0 radical (unpaired) electrons. The van der Waals surface area contributed by atoms with Gasteiger partial charge in [0.25, 0.3) is 0 Å². The number of hydrogen-bond donors (Lipinski definition) is 2. The minimum absolute atomic E-state index is 0.398. The fourth-order valence-corrected chi connectivity index (χ4v) is 2.54. The minimum atomic E-state index is 0.398. The molecule has 2 unspecified atom stereocenters. The molecule has 2 aromatic carbocycles. The van der Waals surface area contributed by atoms with E-state index in [4.69, 9.17) is 11.5 Å². The second-order valence-electron chi connectivity index (χ2n) is 5.08. The van der Waals surface area contributed by atoms with E-state index in [1.807, 2.05) is 0 Å². The van der Waals surface area contributed by atoms with Gasteiger partial charge in [0.15, 0.2) is 0 Å². The van der Waals surface area contributed by atoms with Gasteiger partial charge >= 0.3 is 0 Å². The lowest BCUT2D eigenvalue weighted by atomic mass is 9.87. The van der Waals surface area contributed by atoms with Crippen LogP contribution in [0.3, 0.4) is 0 Å². The highest BCUT2D eigenvalue weighted by Crippen LogP contribution is 2.29. The van der Waals surface area contributed by atoms with Crippen LogP contribution < -0.4 is 11.5 Å². The minimum Gasteiger partial charge on any atom is -0.330 e. The summed E-state index contributed by atoms with van der Waals surface area (Å²) >= 11 is 0. The molecule has 0 aliphatic carbocycles. The van der Waals surface area contributed by atoms with E-state index in [2.05, 4.69) is 49.4 Å². The molecule has 0 bridgehead atoms. The average molecular weight is 242 g/mol. The van der Waals surface area contributed by atoms with Crippen LogP contribution >= 0.6 is 0 Å². The number of benzene rings is 2. The van der Waals surface area contributed by atoms with Crippen LogP contribution in [0, 0.1) is 5.92 Å². The molecule has 96 valence electrons. The molecule has 2 aromatic rings. The molecule has 0 saturated carbocycles. The second-order valence-corrected chi connectivity index (χ2v) is 5.08. The zero-order valence-corrected chi connectivity index (χ0v) is 11.0. The van der Waals surface area contributed by atoms with Gasteiger partial charge < -0.3 is 11.5 Å². The maximum Gasteiger partial charge on any atom is -0.000790 e. The van der Waals surface area contributed by atoms with Crippen LogP contribution in [0.1, 0.15) is 24.8 Å². The molecule has 2 rings (SSSR count). The summed E-state index contributed by atoms with van der Waals surface area (Å²) in [6, 6.07) is 15.0. The van der Waals surface area contributed by atoms with Gasteiger partial charge in [-0.1, -0.05) is 49.4 Å². The first-order valence-corrected chi connectivity index (χ1v) is 6.64. The van der Waals surface area contributed by atoms with Gasteiger partial charge in [0.1, 0.15) is 0 Å². The SMILES string of the molecule is CC(CN)CC(CN)c1cccc2ccccc12. The largest absolute Gasteiger partial charge is 0.330 e. The van der Waals surface area contributed by atoms with Crippen molar-refractivity contribution in [2.45, 2.75) is 19.3 Å². The predicted octanol–water partition coefficient (Wildman–Crippen LogP) is 2.87. The Labute approximate surface area is 109 Å². The Kier molecular flexibility index (Phi) is 4.34. The van der Waals surface area contributed by atoms with Gasteiger partial charge in [-0.3, -0.25) is 0 Å². The average Bonchev–Trinajstić information content (AvgIpc) is 2.44. The Morgan fingerprint density at radius 1 is 0.944 bits per heavy atom. The van der Waals surface area contributed by atoms with E-state index < -0.39 is 0 Å². The molecule has 0 spiro atoms. The molecule has 2 atom stereocenters. The summed E-state index contributed by atoms with van der Waals surface area (Å²) in [6.07, 6.45) is 1.06. The summed E-state index contributed by atoms with van der Waals surface area (Å²) < 4.78 is 0. The first-order valence-electron chi connectivity index (χ1n) is 6.64. The fourth-order valence-electron chi connectivity index (χ4n) is 2.54. The highest BCUT2D eigenvalue weighted by atomic mass is 14.6. The molecule has 0 heterocycles. The van der Waals surface area contributed by atoms with Gasteiger partial charge in [0.2, 0.25) is 0 Å². The van der Waals surface area contributed by atoms with Crippen LogP contribution in [0.4, 0.5) is 0 Å². The predicted molar refractivity (Wildman–Crippen MR) is 78.6 cm³/mol. The quantitative estimate of drug-likeness (QED) is 0.847.